The van der Waals surface area contributed by atoms with E-state index in [1.54, 1.807) is 6.07 Å². The van der Waals surface area contributed by atoms with E-state index in [0.29, 0.717) is 18.0 Å². The Kier molecular flexibility index (Phi) is 5.25. The Morgan fingerprint density at radius 3 is 2.56 bits per heavy atom. The number of rotatable bonds is 4. The molecule has 8 nitrogen and oxygen atoms in total. The Balaban J connectivity index is 1.36. The van der Waals surface area contributed by atoms with Crippen LogP contribution >= 0.6 is 0 Å². The molecule has 0 unspecified atom stereocenters. The van der Waals surface area contributed by atoms with Crippen molar-refractivity contribution in [3.63, 3.8) is 0 Å². The Morgan fingerprint density at radius 2 is 1.75 bits per heavy atom. The third-order valence-electron chi connectivity index (χ3n) is 8.06. The van der Waals surface area contributed by atoms with E-state index in [4.69, 9.17) is 14.8 Å². The summed E-state index contributed by atoms with van der Waals surface area (Å²) >= 11 is 0. The second-order valence-corrected chi connectivity index (χ2v) is 10.6. The van der Waals surface area contributed by atoms with Crippen LogP contribution in [0.25, 0.3) is 27.5 Å². The van der Waals surface area contributed by atoms with Crippen molar-refractivity contribution in [3.05, 3.63) is 48.7 Å². The molecule has 0 radical (unpaired) electrons. The number of likely N-dealkylation sites (tertiary alicyclic amines) is 1. The lowest BCUT2D eigenvalue weighted by molar-refractivity contribution is 0.110. The molecular weight excluding hydrogens is 452 g/mol. The summed E-state index contributed by atoms with van der Waals surface area (Å²) in [5.41, 5.74) is 2.59. The van der Waals surface area contributed by atoms with E-state index in [9.17, 15) is 5.11 Å². The van der Waals surface area contributed by atoms with Gasteiger partial charge in [-0.3, -0.25) is 0 Å². The third kappa shape index (κ3) is 3.85. The molecule has 2 N–H and O–H groups in total. The first-order valence-corrected chi connectivity index (χ1v) is 13.1. The molecule has 3 aliphatic rings. The predicted octanol–water partition coefficient (Wildman–Crippen LogP) is 3.67. The number of aromatic nitrogens is 3. The van der Waals surface area contributed by atoms with Crippen LogP contribution in [0.2, 0.25) is 0 Å². The number of phenolic OH excluding ortho intramolecular Hbond substituents is 1. The van der Waals surface area contributed by atoms with Gasteiger partial charge in [0, 0.05) is 49.9 Å². The number of benzene rings is 2. The average molecular weight is 485 g/mol. The van der Waals surface area contributed by atoms with Gasteiger partial charge >= 0.3 is 0 Å². The van der Waals surface area contributed by atoms with Crippen LogP contribution in [0.15, 0.2) is 48.7 Å². The highest BCUT2D eigenvalue weighted by molar-refractivity contribution is 6.00. The van der Waals surface area contributed by atoms with Crippen molar-refractivity contribution < 1.29 is 9.84 Å². The van der Waals surface area contributed by atoms with Crippen LogP contribution < -0.4 is 15.0 Å². The second-order valence-electron chi connectivity index (χ2n) is 10.6. The van der Waals surface area contributed by atoms with E-state index in [0.717, 1.165) is 72.4 Å². The first-order valence-electron chi connectivity index (χ1n) is 13.1. The lowest BCUT2D eigenvalue weighted by Crippen LogP contribution is -2.51. The molecule has 2 bridgehead atoms. The van der Waals surface area contributed by atoms with Crippen molar-refractivity contribution >= 4 is 22.2 Å². The van der Waals surface area contributed by atoms with Crippen molar-refractivity contribution in [2.24, 2.45) is 0 Å². The van der Waals surface area contributed by atoms with Gasteiger partial charge in [-0.25, -0.2) is 0 Å². The SMILES string of the molecule is CN1CCC(Oc2cc(N3C[C@H]4CC[C@@H](C3)N4)n3ncc(-c4cc(O)cc5ccccc45)c3n2)CC1. The maximum atomic E-state index is 10.5. The van der Waals surface area contributed by atoms with Gasteiger partial charge in [0.25, 0.3) is 0 Å². The number of hydrogen-bond donors (Lipinski definition) is 2. The molecule has 36 heavy (non-hydrogen) atoms. The number of piperazine rings is 1. The summed E-state index contributed by atoms with van der Waals surface area (Å²) in [4.78, 5) is 9.80. The van der Waals surface area contributed by atoms with Gasteiger partial charge in [0.2, 0.25) is 5.88 Å². The minimum absolute atomic E-state index is 0.163. The topological polar surface area (TPSA) is 78.2 Å². The maximum Gasteiger partial charge on any atom is 0.219 e. The number of ether oxygens (including phenoxy) is 1. The van der Waals surface area contributed by atoms with Crippen molar-refractivity contribution in [2.45, 2.75) is 43.9 Å². The van der Waals surface area contributed by atoms with Crippen LogP contribution in [0.1, 0.15) is 25.7 Å². The number of nitrogens with zero attached hydrogens (tertiary/aromatic N) is 5. The molecule has 0 spiro atoms. The zero-order chi connectivity index (χ0) is 24.2. The number of aromatic hydroxyl groups is 1. The number of hydrogen-bond acceptors (Lipinski definition) is 7. The predicted molar refractivity (Wildman–Crippen MR) is 141 cm³/mol. The standard InChI is InChI=1S/C28H32N6O2/c1-32-10-8-22(9-11-32)36-26-14-27(33-16-19-6-7-20(17-33)30-19)34-28(31-26)25(15-29-34)24-13-21(35)12-18-4-2-3-5-23(18)24/h2-5,12-15,19-20,22,30,35H,6-11,16-17H2,1H3/t19-,20+. The normalized spacial score (nSPS) is 23.1. The first kappa shape index (κ1) is 21.9. The molecule has 8 heteroatoms. The summed E-state index contributed by atoms with van der Waals surface area (Å²) in [6.45, 7) is 3.98. The summed E-state index contributed by atoms with van der Waals surface area (Å²) < 4.78 is 8.47. The van der Waals surface area contributed by atoms with Crippen LogP contribution in [-0.4, -0.2) is 76.0 Å². The first-order chi connectivity index (χ1) is 17.6. The number of phenols is 1. The van der Waals surface area contributed by atoms with Crippen LogP contribution in [0.4, 0.5) is 5.82 Å². The second kappa shape index (κ2) is 8.64. The van der Waals surface area contributed by atoms with E-state index in [1.807, 2.05) is 35.0 Å². The van der Waals surface area contributed by atoms with Gasteiger partial charge in [-0.1, -0.05) is 24.3 Å². The van der Waals surface area contributed by atoms with Gasteiger partial charge in [-0.05, 0) is 61.2 Å². The fourth-order valence-corrected chi connectivity index (χ4v) is 6.18. The molecule has 2 aromatic heterocycles. The molecule has 0 aliphatic carbocycles. The molecule has 186 valence electrons. The van der Waals surface area contributed by atoms with E-state index < -0.39 is 0 Å². The fourth-order valence-electron chi connectivity index (χ4n) is 6.18. The van der Waals surface area contributed by atoms with Crippen LogP contribution in [0, 0.1) is 0 Å². The van der Waals surface area contributed by atoms with E-state index >= 15 is 0 Å². The molecule has 7 rings (SSSR count). The minimum atomic E-state index is 0.163. The molecule has 3 aliphatic heterocycles. The Hall–Kier alpha value is -3.36. The summed E-state index contributed by atoms with van der Waals surface area (Å²) in [6.07, 6.45) is 6.47. The van der Waals surface area contributed by atoms with Crippen LogP contribution in [-0.2, 0) is 0 Å². The molecule has 3 saturated heterocycles. The lowest BCUT2D eigenvalue weighted by Gasteiger charge is -2.35. The van der Waals surface area contributed by atoms with Gasteiger partial charge in [0.05, 0.1) is 6.20 Å². The van der Waals surface area contributed by atoms with E-state index in [1.165, 1.54) is 12.8 Å². The van der Waals surface area contributed by atoms with Crippen molar-refractivity contribution in [3.8, 4) is 22.8 Å². The highest BCUT2D eigenvalue weighted by atomic mass is 16.5. The lowest BCUT2D eigenvalue weighted by atomic mass is 9.99. The van der Waals surface area contributed by atoms with Gasteiger partial charge in [0.15, 0.2) is 5.65 Å². The number of piperidine rings is 1. The van der Waals surface area contributed by atoms with Crippen LogP contribution in [0.5, 0.6) is 11.6 Å². The van der Waals surface area contributed by atoms with Gasteiger partial charge in [0.1, 0.15) is 17.7 Å². The third-order valence-corrected chi connectivity index (χ3v) is 8.06. The monoisotopic (exact) mass is 484 g/mol. The number of nitrogens with one attached hydrogen (secondary N) is 1. The molecular formula is C28H32N6O2. The van der Waals surface area contributed by atoms with Crippen molar-refractivity contribution in [1.82, 2.24) is 24.8 Å². The minimum Gasteiger partial charge on any atom is -0.508 e. The largest absolute Gasteiger partial charge is 0.508 e. The Morgan fingerprint density at radius 1 is 0.972 bits per heavy atom. The van der Waals surface area contributed by atoms with Gasteiger partial charge < -0.3 is 25.0 Å². The summed E-state index contributed by atoms with van der Waals surface area (Å²) in [5.74, 6) is 1.92. The molecule has 2 atom stereocenters. The number of fused-ring (bicyclic) bond motifs is 4. The van der Waals surface area contributed by atoms with Gasteiger partial charge in [-0.2, -0.15) is 14.6 Å². The van der Waals surface area contributed by atoms with Crippen molar-refractivity contribution in [1.29, 1.82) is 0 Å². The Bertz CT molecular complexity index is 1410. The Labute approximate surface area is 210 Å². The highest BCUT2D eigenvalue weighted by Gasteiger charge is 2.34. The molecule has 4 aromatic rings. The quantitative estimate of drug-likeness (QED) is 0.458. The molecule has 3 fully saturated rings. The number of anilines is 1. The highest BCUT2D eigenvalue weighted by Crippen LogP contribution is 2.37. The molecule has 5 heterocycles. The summed E-state index contributed by atoms with van der Waals surface area (Å²) in [5, 5.41) is 21.1. The smallest absolute Gasteiger partial charge is 0.219 e. The molecule has 0 saturated carbocycles. The summed E-state index contributed by atoms with van der Waals surface area (Å²) in [6, 6.07) is 14.8. The molecule has 0 amide bonds. The van der Waals surface area contributed by atoms with Gasteiger partial charge in [-0.15, -0.1) is 0 Å². The zero-order valence-corrected chi connectivity index (χ0v) is 20.6. The fraction of sp³-hybridized carbons (Fsp3) is 0.429. The van der Waals surface area contributed by atoms with E-state index in [2.05, 4.69) is 34.3 Å². The van der Waals surface area contributed by atoms with E-state index in [-0.39, 0.29) is 11.9 Å². The van der Waals surface area contributed by atoms with Crippen LogP contribution in [0.3, 0.4) is 0 Å². The summed E-state index contributed by atoms with van der Waals surface area (Å²) in [7, 11) is 2.16. The maximum absolute atomic E-state index is 10.5. The average Bonchev–Trinajstić information content (AvgIpc) is 3.46. The zero-order valence-electron chi connectivity index (χ0n) is 20.6. The molecule has 2 aromatic carbocycles. The van der Waals surface area contributed by atoms with Crippen molar-refractivity contribution in [2.75, 3.05) is 38.1 Å².